The van der Waals surface area contributed by atoms with E-state index in [0.717, 1.165) is 75.4 Å². The highest BCUT2D eigenvalue weighted by Gasteiger charge is 2.32. The van der Waals surface area contributed by atoms with Crippen molar-refractivity contribution in [3.8, 4) is 11.3 Å². The van der Waals surface area contributed by atoms with Gasteiger partial charge in [-0.2, -0.15) is 0 Å². The molecule has 1 unspecified atom stereocenters. The molecule has 0 aliphatic carbocycles. The zero-order valence-corrected chi connectivity index (χ0v) is 19.1. The fourth-order valence-electron chi connectivity index (χ4n) is 5.21. The lowest BCUT2D eigenvalue weighted by molar-refractivity contribution is -0.137. The van der Waals surface area contributed by atoms with Gasteiger partial charge in [0.1, 0.15) is 0 Å². The van der Waals surface area contributed by atoms with Crippen molar-refractivity contribution in [3.05, 3.63) is 78.4 Å². The van der Waals surface area contributed by atoms with Gasteiger partial charge in [0.25, 0.3) is 0 Å². The normalized spacial score (nSPS) is 19.5. The zero-order valence-electron chi connectivity index (χ0n) is 19.1. The number of nitrogens with zero attached hydrogens (tertiary/aromatic N) is 4. The first-order valence-electron chi connectivity index (χ1n) is 12.2. The lowest BCUT2D eigenvalue weighted by Crippen LogP contribution is -2.47. The summed E-state index contributed by atoms with van der Waals surface area (Å²) in [6, 6.07) is 24.9. The maximum atomic E-state index is 13.3. The molecule has 2 saturated heterocycles. The van der Waals surface area contributed by atoms with E-state index in [9.17, 15) is 4.79 Å². The largest absolute Gasteiger partial charge is 0.354 e. The van der Waals surface area contributed by atoms with Crippen molar-refractivity contribution in [2.45, 2.75) is 32.1 Å². The van der Waals surface area contributed by atoms with Gasteiger partial charge in [0.05, 0.1) is 11.6 Å². The van der Waals surface area contributed by atoms with Gasteiger partial charge in [-0.25, -0.2) is 0 Å². The van der Waals surface area contributed by atoms with Gasteiger partial charge in [0, 0.05) is 31.7 Å². The average molecular weight is 441 g/mol. The van der Waals surface area contributed by atoms with Gasteiger partial charge >= 0.3 is 0 Å². The van der Waals surface area contributed by atoms with E-state index in [1.807, 2.05) is 42.5 Å². The van der Waals surface area contributed by atoms with Crippen LogP contribution in [0.2, 0.25) is 0 Å². The molecule has 0 saturated carbocycles. The van der Waals surface area contributed by atoms with Gasteiger partial charge in [0.15, 0.2) is 5.82 Å². The van der Waals surface area contributed by atoms with Crippen molar-refractivity contribution >= 4 is 11.7 Å². The molecule has 0 bridgehead atoms. The predicted octanol–water partition coefficient (Wildman–Crippen LogP) is 4.84. The molecule has 2 aromatic carbocycles. The third-order valence-electron chi connectivity index (χ3n) is 7.11. The van der Waals surface area contributed by atoms with E-state index < -0.39 is 0 Å². The minimum absolute atomic E-state index is 0.0556. The molecule has 1 amide bonds. The Hall–Kier alpha value is -3.21. The van der Waals surface area contributed by atoms with E-state index in [4.69, 9.17) is 0 Å². The minimum atomic E-state index is 0.0556. The summed E-state index contributed by atoms with van der Waals surface area (Å²) < 4.78 is 0. The lowest BCUT2D eigenvalue weighted by Gasteiger charge is -2.38. The second-order valence-corrected chi connectivity index (χ2v) is 9.39. The second kappa shape index (κ2) is 10.2. The number of rotatable bonds is 5. The maximum absolute atomic E-state index is 13.3. The summed E-state index contributed by atoms with van der Waals surface area (Å²) in [4.78, 5) is 17.6. The van der Waals surface area contributed by atoms with E-state index >= 15 is 0 Å². The molecule has 170 valence electrons. The monoisotopic (exact) mass is 440 g/mol. The first-order valence-corrected chi connectivity index (χ1v) is 12.2. The summed E-state index contributed by atoms with van der Waals surface area (Å²) in [5.74, 6) is 1.93. The Bertz CT molecular complexity index is 1030. The minimum Gasteiger partial charge on any atom is -0.354 e. The number of anilines is 1. The molecule has 5 heteroatoms. The molecule has 0 N–H and O–H groups in total. The molecule has 2 aliphatic heterocycles. The van der Waals surface area contributed by atoms with E-state index in [1.165, 1.54) is 5.56 Å². The third-order valence-corrected chi connectivity index (χ3v) is 7.11. The van der Waals surface area contributed by atoms with Crippen LogP contribution in [0, 0.1) is 11.8 Å². The number of carbonyl (C=O) groups is 1. The van der Waals surface area contributed by atoms with Gasteiger partial charge in [-0.15, -0.1) is 10.2 Å². The molecule has 3 aromatic rings. The first kappa shape index (κ1) is 21.6. The summed E-state index contributed by atoms with van der Waals surface area (Å²) >= 11 is 0. The number of amides is 1. The molecule has 3 heterocycles. The van der Waals surface area contributed by atoms with E-state index in [-0.39, 0.29) is 5.92 Å². The molecule has 2 fully saturated rings. The standard InChI is InChI=1S/C28H32N4O/c33-28(31-18-15-23(16-19-31)20-22-8-3-1-4-9-22)25-12-7-17-32(21-25)27-14-13-26(29-30-27)24-10-5-2-6-11-24/h1-6,8-11,13-14,23,25H,7,12,15-21H2. The predicted molar refractivity (Wildman–Crippen MR) is 132 cm³/mol. The van der Waals surface area contributed by atoms with Gasteiger partial charge < -0.3 is 9.80 Å². The Labute approximate surface area is 196 Å². The maximum Gasteiger partial charge on any atom is 0.227 e. The highest BCUT2D eigenvalue weighted by molar-refractivity contribution is 5.80. The molecule has 0 radical (unpaired) electrons. The Morgan fingerprint density at radius 3 is 2.24 bits per heavy atom. The van der Waals surface area contributed by atoms with E-state index in [2.05, 4.69) is 50.3 Å². The third kappa shape index (κ3) is 5.24. The molecule has 5 rings (SSSR count). The molecule has 2 aliphatic rings. The molecular weight excluding hydrogens is 408 g/mol. The second-order valence-electron chi connectivity index (χ2n) is 9.39. The first-order chi connectivity index (χ1) is 16.3. The van der Waals surface area contributed by atoms with Crippen molar-refractivity contribution in [2.75, 3.05) is 31.1 Å². The molecule has 1 aromatic heterocycles. The molecule has 5 nitrogen and oxygen atoms in total. The number of carbonyl (C=O) groups excluding carboxylic acids is 1. The summed E-state index contributed by atoms with van der Waals surface area (Å²) in [6.45, 7) is 3.45. The summed E-state index contributed by atoms with van der Waals surface area (Å²) in [7, 11) is 0. The van der Waals surface area contributed by atoms with Gasteiger partial charge in [0.2, 0.25) is 5.91 Å². The number of hydrogen-bond acceptors (Lipinski definition) is 4. The van der Waals surface area contributed by atoms with E-state index in [1.54, 1.807) is 0 Å². The highest BCUT2D eigenvalue weighted by Crippen LogP contribution is 2.27. The van der Waals surface area contributed by atoms with Gasteiger partial charge in [-0.05, 0) is 55.7 Å². The summed E-state index contributed by atoms with van der Waals surface area (Å²) in [5, 5.41) is 8.93. The van der Waals surface area contributed by atoms with Crippen LogP contribution in [0.25, 0.3) is 11.3 Å². The van der Waals surface area contributed by atoms with Crippen LogP contribution in [0.5, 0.6) is 0 Å². The number of benzene rings is 2. The topological polar surface area (TPSA) is 49.3 Å². The Balaban J connectivity index is 1.16. The average Bonchev–Trinajstić information content (AvgIpc) is 2.90. The Kier molecular flexibility index (Phi) is 6.66. The number of aromatic nitrogens is 2. The smallest absolute Gasteiger partial charge is 0.227 e. The van der Waals surface area contributed by atoms with Crippen LogP contribution in [0.3, 0.4) is 0 Å². The highest BCUT2D eigenvalue weighted by atomic mass is 16.2. The lowest BCUT2D eigenvalue weighted by atomic mass is 9.89. The number of hydrogen-bond donors (Lipinski definition) is 0. The molecular formula is C28H32N4O. The fourth-order valence-corrected chi connectivity index (χ4v) is 5.21. The quantitative estimate of drug-likeness (QED) is 0.570. The van der Waals surface area contributed by atoms with Crippen LogP contribution in [0.15, 0.2) is 72.8 Å². The van der Waals surface area contributed by atoms with Crippen LogP contribution in [-0.4, -0.2) is 47.2 Å². The number of piperidine rings is 2. The summed E-state index contributed by atoms with van der Waals surface area (Å²) in [6.07, 6.45) is 5.31. The zero-order chi connectivity index (χ0) is 22.5. The summed E-state index contributed by atoms with van der Waals surface area (Å²) in [5.41, 5.74) is 3.35. The SMILES string of the molecule is O=C(C1CCCN(c2ccc(-c3ccccc3)nn2)C1)N1CCC(Cc2ccccc2)CC1. The van der Waals surface area contributed by atoms with Crippen molar-refractivity contribution in [3.63, 3.8) is 0 Å². The fraction of sp³-hybridized carbons (Fsp3) is 0.393. The molecule has 1 atom stereocenters. The van der Waals surface area contributed by atoms with Crippen LogP contribution in [0.4, 0.5) is 5.82 Å². The van der Waals surface area contributed by atoms with Gasteiger partial charge in [-0.1, -0.05) is 60.7 Å². The van der Waals surface area contributed by atoms with Crippen LogP contribution < -0.4 is 4.90 Å². The van der Waals surface area contributed by atoms with Crippen molar-refractivity contribution in [2.24, 2.45) is 11.8 Å². The molecule has 33 heavy (non-hydrogen) atoms. The Morgan fingerprint density at radius 1 is 0.818 bits per heavy atom. The number of likely N-dealkylation sites (tertiary alicyclic amines) is 1. The van der Waals surface area contributed by atoms with Crippen LogP contribution >= 0.6 is 0 Å². The van der Waals surface area contributed by atoms with Crippen molar-refractivity contribution < 1.29 is 4.79 Å². The van der Waals surface area contributed by atoms with Crippen LogP contribution in [0.1, 0.15) is 31.2 Å². The van der Waals surface area contributed by atoms with E-state index in [0.29, 0.717) is 11.8 Å². The Morgan fingerprint density at radius 2 is 1.55 bits per heavy atom. The molecule has 0 spiro atoms. The van der Waals surface area contributed by atoms with Crippen LogP contribution in [-0.2, 0) is 11.2 Å². The van der Waals surface area contributed by atoms with Crippen molar-refractivity contribution in [1.29, 1.82) is 0 Å². The van der Waals surface area contributed by atoms with Gasteiger partial charge in [-0.3, -0.25) is 4.79 Å². The van der Waals surface area contributed by atoms with Crippen molar-refractivity contribution in [1.82, 2.24) is 15.1 Å².